The molecule has 0 aliphatic carbocycles. The van der Waals surface area contributed by atoms with E-state index in [1.165, 1.54) is 30.3 Å². The van der Waals surface area contributed by atoms with Crippen LogP contribution in [0.2, 0.25) is 0 Å². The Balaban J connectivity index is 2.05. The van der Waals surface area contributed by atoms with E-state index in [1.807, 2.05) is 0 Å². The largest absolute Gasteiger partial charge is 0.480 e. The zero-order valence-electron chi connectivity index (χ0n) is 13.9. The molecule has 1 atom stereocenters. The van der Waals surface area contributed by atoms with Crippen LogP contribution in [0.1, 0.15) is 5.56 Å². The molecule has 2 rings (SSSR count). The van der Waals surface area contributed by atoms with Gasteiger partial charge >= 0.3 is 5.38 Å². The van der Waals surface area contributed by atoms with Gasteiger partial charge in [-0.1, -0.05) is 0 Å². The molecule has 1 unspecified atom stereocenters. The van der Waals surface area contributed by atoms with E-state index in [2.05, 4.69) is 4.98 Å². The van der Waals surface area contributed by atoms with Crippen molar-refractivity contribution in [3.63, 3.8) is 0 Å². The summed E-state index contributed by atoms with van der Waals surface area (Å²) in [6.07, 6.45) is 0.516. The molecule has 0 saturated carbocycles. The molecule has 7 nitrogen and oxygen atoms in total. The Morgan fingerprint density at radius 3 is 2.26 bits per heavy atom. The molecule has 0 spiro atoms. The molecule has 27 heavy (non-hydrogen) atoms. The number of rotatable bonds is 8. The quantitative estimate of drug-likeness (QED) is 0.657. The van der Waals surface area contributed by atoms with Gasteiger partial charge in [-0.25, -0.2) is 13.4 Å². The average molecular weight is 421 g/mol. The molecule has 0 aliphatic rings. The average Bonchev–Trinajstić information content (AvgIpc) is 2.54. The van der Waals surface area contributed by atoms with Gasteiger partial charge < -0.3 is 15.2 Å². The van der Waals surface area contributed by atoms with Crippen molar-refractivity contribution in [1.29, 1.82) is 0 Å². The second-order valence-corrected chi connectivity index (χ2v) is 8.22. The number of pyridine rings is 1. The number of aromatic nitrogens is 1. The van der Waals surface area contributed by atoms with Gasteiger partial charge in [0.2, 0.25) is 5.88 Å². The minimum Gasteiger partial charge on any atom is -0.480 e. The van der Waals surface area contributed by atoms with Gasteiger partial charge in [-0.2, -0.15) is 8.78 Å². The van der Waals surface area contributed by atoms with Crippen molar-refractivity contribution in [1.82, 2.24) is 4.98 Å². The lowest BCUT2D eigenvalue weighted by atomic mass is 10.3. The van der Waals surface area contributed by atoms with Gasteiger partial charge in [-0.05, 0) is 41.9 Å². The van der Waals surface area contributed by atoms with Gasteiger partial charge in [0.1, 0.15) is 11.5 Å². The van der Waals surface area contributed by atoms with Crippen molar-refractivity contribution in [3.8, 4) is 17.4 Å². The van der Waals surface area contributed by atoms with Crippen molar-refractivity contribution in [2.75, 3.05) is 12.0 Å². The van der Waals surface area contributed by atoms with Crippen LogP contribution in [0, 0.1) is 0 Å². The fourth-order valence-electron chi connectivity index (χ4n) is 1.93. The molecule has 0 aliphatic heterocycles. The third-order valence-corrected chi connectivity index (χ3v) is 4.29. The summed E-state index contributed by atoms with van der Waals surface area (Å²) in [5.74, 6) is -0.914. The van der Waals surface area contributed by atoms with Gasteiger partial charge in [0.15, 0.2) is 15.9 Å². The molecule has 11 heteroatoms. The topological polar surface area (TPSA) is 109 Å². The molecule has 0 bridgehead atoms. The maximum atomic E-state index is 12.9. The number of sulfone groups is 1. The van der Waals surface area contributed by atoms with E-state index in [0.29, 0.717) is 5.75 Å². The zero-order valence-corrected chi connectivity index (χ0v) is 15.5. The first kappa shape index (κ1) is 20.8. The van der Waals surface area contributed by atoms with Crippen LogP contribution in [0.25, 0.3) is 0 Å². The zero-order chi connectivity index (χ0) is 20.2. The maximum absolute atomic E-state index is 12.9. The molecule has 146 valence electrons. The van der Waals surface area contributed by atoms with Crippen molar-refractivity contribution in [3.05, 3.63) is 48.2 Å². The number of halogens is 3. The van der Waals surface area contributed by atoms with Gasteiger partial charge in [0, 0.05) is 18.5 Å². The number of hydrogen-bond donors (Lipinski definition) is 1. The van der Waals surface area contributed by atoms with Crippen LogP contribution < -0.4 is 15.2 Å². The lowest BCUT2D eigenvalue weighted by Gasteiger charge is -2.15. The molecule has 0 radical (unpaired) electrons. The van der Waals surface area contributed by atoms with E-state index >= 15 is 0 Å². The second-order valence-electron chi connectivity index (χ2n) is 5.56. The highest BCUT2D eigenvalue weighted by molar-refractivity contribution is 7.90. The lowest BCUT2D eigenvalue weighted by molar-refractivity contribution is -0.123. The molecule has 2 N–H and O–H groups in total. The Bertz CT molecular complexity index is 900. The van der Waals surface area contributed by atoms with E-state index in [9.17, 15) is 22.0 Å². The summed E-state index contributed by atoms with van der Waals surface area (Å²) in [6, 6.07) is 8.07. The first-order valence-corrected chi connectivity index (χ1v) is 9.83. The van der Waals surface area contributed by atoms with Crippen molar-refractivity contribution < 1.29 is 31.5 Å². The van der Waals surface area contributed by atoms with Crippen LogP contribution in [0.15, 0.2) is 42.6 Å². The van der Waals surface area contributed by atoms with E-state index in [1.54, 1.807) is 0 Å². The van der Waals surface area contributed by atoms with Crippen LogP contribution in [0.4, 0.5) is 8.78 Å². The SMILES string of the molecule is CS(=O)(=O)CC(Oc1ccc(Oc2ccc(C(F)(F)Cl)cn2)cc1)C(N)=O. The Morgan fingerprint density at radius 2 is 1.81 bits per heavy atom. The first-order valence-electron chi connectivity index (χ1n) is 7.39. The Labute approximate surface area is 159 Å². The molecule has 1 amide bonds. The van der Waals surface area contributed by atoms with Crippen molar-refractivity contribution >= 4 is 27.3 Å². The highest BCUT2D eigenvalue weighted by Gasteiger charge is 2.28. The van der Waals surface area contributed by atoms with E-state index in [0.717, 1.165) is 18.5 Å². The Hall–Kier alpha value is -2.46. The highest BCUT2D eigenvalue weighted by Crippen LogP contribution is 2.32. The fourth-order valence-corrected chi connectivity index (χ4v) is 2.82. The molecular weight excluding hydrogens is 406 g/mol. The summed E-state index contributed by atoms with van der Waals surface area (Å²) < 4.78 is 59.1. The normalized spacial score (nSPS) is 13.0. The minimum absolute atomic E-state index is 0.0559. The number of amides is 1. The van der Waals surface area contributed by atoms with Crippen LogP contribution in [0.5, 0.6) is 17.4 Å². The number of alkyl halides is 3. The van der Waals surface area contributed by atoms with Gasteiger partial charge in [0.25, 0.3) is 5.91 Å². The predicted molar refractivity (Wildman–Crippen MR) is 93.8 cm³/mol. The van der Waals surface area contributed by atoms with E-state index in [-0.39, 0.29) is 11.6 Å². The summed E-state index contributed by atoms with van der Waals surface area (Å²) >= 11 is 4.89. The molecule has 2 aromatic rings. The smallest absolute Gasteiger partial charge is 0.349 e. The molecule has 1 aromatic carbocycles. The standard InChI is InChI=1S/C16H15ClF2N2O5S/c1-27(23,24)9-13(15(20)22)25-11-3-5-12(6-4-11)26-14-7-2-10(8-21-14)16(17,18)19/h2-8,13H,9H2,1H3,(H2,20,22). The molecular formula is C16H15ClF2N2O5S. The second kappa shape index (κ2) is 8.05. The molecule has 0 fully saturated rings. The fraction of sp³-hybridized carbons (Fsp3) is 0.250. The number of nitrogens with two attached hydrogens (primary N) is 1. The van der Waals surface area contributed by atoms with Gasteiger partial charge in [0.05, 0.1) is 11.3 Å². The van der Waals surface area contributed by atoms with Gasteiger partial charge in [-0.15, -0.1) is 0 Å². The monoisotopic (exact) mass is 420 g/mol. The number of primary amides is 1. The van der Waals surface area contributed by atoms with Gasteiger partial charge in [-0.3, -0.25) is 4.79 Å². The third kappa shape index (κ3) is 6.65. The minimum atomic E-state index is -3.52. The lowest BCUT2D eigenvalue weighted by Crippen LogP contribution is -2.39. The van der Waals surface area contributed by atoms with Crippen molar-refractivity contribution in [2.24, 2.45) is 5.73 Å². The van der Waals surface area contributed by atoms with Crippen molar-refractivity contribution in [2.45, 2.75) is 11.5 Å². The number of carbonyl (C=O) groups excluding carboxylic acids is 1. The van der Waals surface area contributed by atoms with Crippen LogP contribution in [0.3, 0.4) is 0 Å². The molecule has 0 saturated heterocycles. The summed E-state index contributed by atoms with van der Waals surface area (Å²) in [5.41, 5.74) is 4.67. The molecule has 1 aromatic heterocycles. The summed E-state index contributed by atoms with van der Waals surface area (Å²) in [4.78, 5) is 15.1. The third-order valence-electron chi connectivity index (χ3n) is 3.16. The summed E-state index contributed by atoms with van der Waals surface area (Å²) in [7, 11) is -3.47. The van der Waals surface area contributed by atoms with E-state index in [4.69, 9.17) is 26.8 Å². The number of hydrogen-bond acceptors (Lipinski definition) is 6. The van der Waals surface area contributed by atoms with Crippen LogP contribution in [-0.4, -0.2) is 37.4 Å². The Kier molecular flexibility index (Phi) is 6.22. The number of nitrogens with zero attached hydrogens (tertiary/aromatic N) is 1. The first-order chi connectivity index (χ1) is 12.4. The number of carbonyl (C=O) groups is 1. The predicted octanol–water partition coefficient (Wildman–Crippen LogP) is 2.44. The number of benzene rings is 1. The Morgan fingerprint density at radius 1 is 1.22 bits per heavy atom. The van der Waals surface area contributed by atoms with Crippen LogP contribution in [-0.2, 0) is 20.0 Å². The highest BCUT2D eigenvalue weighted by atomic mass is 35.5. The molecule has 1 heterocycles. The van der Waals surface area contributed by atoms with E-state index < -0.39 is 38.5 Å². The van der Waals surface area contributed by atoms with Crippen LogP contribution >= 0.6 is 11.6 Å². The summed E-state index contributed by atoms with van der Waals surface area (Å²) in [5, 5.41) is -3.52. The number of ether oxygens (including phenoxy) is 2. The maximum Gasteiger partial charge on any atom is 0.349 e. The summed E-state index contributed by atoms with van der Waals surface area (Å²) in [6.45, 7) is 0.